The molecule has 0 bridgehead atoms. The van der Waals surface area contributed by atoms with E-state index in [1.165, 1.54) is 18.9 Å². The van der Waals surface area contributed by atoms with Crippen molar-refractivity contribution in [3.63, 3.8) is 0 Å². The predicted molar refractivity (Wildman–Crippen MR) is 156 cm³/mol. The molecule has 11 heteroatoms. The van der Waals surface area contributed by atoms with Gasteiger partial charge < -0.3 is 14.5 Å². The molecule has 0 spiro atoms. The average molecular weight is 647 g/mol. The van der Waals surface area contributed by atoms with Crippen molar-refractivity contribution >= 4 is 55.9 Å². The number of benzene rings is 2. The fraction of sp³-hybridized carbons (Fsp3) is 0.407. The zero-order valence-corrected chi connectivity index (χ0v) is 24.2. The topological polar surface area (TPSA) is 78.8 Å². The Hall–Kier alpha value is -2.79. The van der Waals surface area contributed by atoms with Gasteiger partial charge in [0.05, 0.1) is 15.2 Å². The van der Waals surface area contributed by atoms with E-state index in [0.717, 1.165) is 66.4 Å². The monoisotopic (exact) mass is 645 g/mol. The number of piperidine rings is 2. The number of anilines is 3. The number of ether oxygens (including phenoxy) is 1. The molecule has 0 saturated carbocycles. The number of hydrogen-bond acceptors (Lipinski definition) is 8. The van der Waals surface area contributed by atoms with Crippen LogP contribution in [-0.2, 0) is 6.61 Å². The maximum Gasteiger partial charge on any atom is 0.250 e. The highest BCUT2D eigenvalue weighted by molar-refractivity contribution is 9.11. The summed E-state index contributed by atoms with van der Waals surface area (Å²) >= 11 is 7.12. The van der Waals surface area contributed by atoms with E-state index in [1.54, 1.807) is 24.4 Å². The summed E-state index contributed by atoms with van der Waals surface area (Å²) in [5.74, 6) is 2.15. The van der Waals surface area contributed by atoms with Gasteiger partial charge >= 0.3 is 0 Å². The molecule has 1 aromatic heterocycles. The number of aromatic nitrogens is 3. The van der Waals surface area contributed by atoms with Crippen molar-refractivity contribution in [2.45, 2.75) is 45.1 Å². The van der Waals surface area contributed by atoms with Crippen LogP contribution in [0.2, 0.25) is 0 Å². The van der Waals surface area contributed by atoms with Crippen molar-refractivity contribution in [2.24, 2.45) is 5.10 Å². The third-order valence-corrected chi connectivity index (χ3v) is 7.80. The number of hydrogen-bond donors (Lipinski definition) is 1. The van der Waals surface area contributed by atoms with E-state index in [-0.39, 0.29) is 12.4 Å². The summed E-state index contributed by atoms with van der Waals surface area (Å²) in [5, 5.41) is 4.40. The molecular formula is C27H30Br2FN7O. The third-order valence-electron chi connectivity index (χ3n) is 6.62. The Labute approximate surface area is 239 Å². The van der Waals surface area contributed by atoms with Gasteiger partial charge in [-0.1, -0.05) is 18.2 Å². The van der Waals surface area contributed by atoms with Crippen LogP contribution in [0, 0.1) is 5.82 Å². The highest BCUT2D eigenvalue weighted by Crippen LogP contribution is 2.35. The number of halogens is 3. The normalized spacial score (nSPS) is 16.2. The van der Waals surface area contributed by atoms with E-state index >= 15 is 0 Å². The first-order valence-corrected chi connectivity index (χ1v) is 14.6. The maximum absolute atomic E-state index is 14.0. The number of rotatable bonds is 8. The Morgan fingerprint density at radius 3 is 2.03 bits per heavy atom. The third kappa shape index (κ3) is 6.79. The van der Waals surface area contributed by atoms with Crippen molar-refractivity contribution in [2.75, 3.05) is 41.4 Å². The Morgan fingerprint density at radius 1 is 0.868 bits per heavy atom. The minimum absolute atomic E-state index is 0.122. The SMILES string of the molecule is Fc1ccccc1COc1c(Br)cc(/C=N/Nc2nc(N3CCCCC3)nc(N3CCCCC3)n2)cc1Br. The second kappa shape index (κ2) is 12.8. The van der Waals surface area contributed by atoms with Crippen molar-refractivity contribution in [3.05, 3.63) is 62.3 Å². The Bertz CT molecular complexity index is 1220. The van der Waals surface area contributed by atoms with Crippen LogP contribution in [0.25, 0.3) is 0 Å². The lowest BCUT2D eigenvalue weighted by Crippen LogP contribution is -2.34. The lowest BCUT2D eigenvalue weighted by atomic mass is 10.1. The van der Waals surface area contributed by atoms with Gasteiger partial charge in [-0.2, -0.15) is 20.1 Å². The van der Waals surface area contributed by atoms with Crippen LogP contribution in [-0.4, -0.2) is 47.3 Å². The molecule has 0 amide bonds. The standard InChI is InChI=1S/C27H30Br2FN7O/c28-21-15-19(16-22(29)24(21)38-18-20-9-3-4-10-23(20)30)17-31-35-25-32-26(36-11-5-1-6-12-36)34-27(33-25)37-13-7-2-8-14-37/h3-4,9-10,15-17H,1-2,5-8,11-14,18H2,(H,32,33,34,35)/b31-17+. The predicted octanol–water partition coefficient (Wildman–Crippen LogP) is 6.54. The molecule has 2 aliphatic rings. The number of hydrazone groups is 1. The summed E-state index contributed by atoms with van der Waals surface area (Å²) in [6.45, 7) is 3.95. The first kappa shape index (κ1) is 26.8. The molecule has 2 aliphatic heterocycles. The van der Waals surface area contributed by atoms with Crippen LogP contribution < -0.4 is 20.0 Å². The minimum Gasteiger partial charge on any atom is -0.486 e. The summed E-state index contributed by atoms with van der Waals surface area (Å²) in [7, 11) is 0. The van der Waals surface area contributed by atoms with E-state index < -0.39 is 0 Å². The van der Waals surface area contributed by atoms with Crippen LogP contribution in [0.3, 0.4) is 0 Å². The van der Waals surface area contributed by atoms with Crippen molar-refractivity contribution < 1.29 is 9.13 Å². The van der Waals surface area contributed by atoms with Crippen molar-refractivity contribution in [1.29, 1.82) is 0 Å². The minimum atomic E-state index is -0.292. The van der Waals surface area contributed by atoms with E-state index in [9.17, 15) is 4.39 Å². The molecule has 200 valence electrons. The highest BCUT2D eigenvalue weighted by Gasteiger charge is 2.20. The first-order valence-electron chi connectivity index (χ1n) is 13.0. The van der Waals surface area contributed by atoms with Crippen LogP contribution >= 0.6 is 31.9 Å². The van der Waals surface area contributed by atoms with Gasteiger partial charge in [0.2, 0.25) is 17.8 Å². The molecule has 3 heterocycles. The molecule has 0 aliphatic carbocycles. The van der Waals surface area contributed by atoms with Gasteiger partial charge in [-0.25, -0.2) is 9.82 Å². The van der Waals surface area contributed by atoms with Crippen LogP contribution in [0.5, 0.6) is 5.75 Å². The van der Waals surface area contributed by atoms with Gasteiger partial charge in [0.1, 0.15) is 18.2 Å². The van der Waals surface area contributed by atoms with Crippen LogP contribution in [0.4, 0.5) is 22.2 Å². The summed E-state index contributed by atoms with van der Waals surface area (Å²) in [6.07, 6.45) is 8.78. The average Bonchev–Trinajstić information content (AvgIpc) is 2.94. The molecule has 1 N–H and O–H groups in total. The molecule has 38 heavy (non-hydrogen) atoms. The fourth-order valence-electron chi connectivity index (χ4n) is 4.60. The Morgan fingerprint density at radius 2 is 1.45 bits per heavy atom. The molecule has 2 saturated heterocycles. The lowest BCUT2D eigenvalue weighted by molar-refractivity contribution is 0.296. The van der Waals surface area contributed by atoms with E-state index in [2.05, 4.69) is 62.2 Å². The summed E-state index contributed by atoms with van der Waals surface area (Å²) < 4.78 is 21.3. The van der Waals surface area contributed by atoms with E-state index in [1.807, 2.05) is 12.1 Å². The zero-order chi connectivity index (χ0) is 26.3. The lowest BCUT2D eigenvalue weighted by Gasteiger charge is -2.30. The number of nitrogens with zero attached hydrogens (tertiary/aromatic N) is 6. The van der Waals surface area contributed by atoms with Crippen molar-refractivity contribution in [1.82, 2.24) is 15.0 Å². The molecule has 2 fully saturated rings. The van der Waals surface area contributed by atoms with Gasteiger partial charge in [0.15, 0.2) is 0 Å². The van der Waals surface area contributed by atoms with Gasteiger partial charge in [0, 0.05) is 31.7 Å². The van der Waals surface area contributed by atoms with Crippen LogP contribution in [0.15, 0.2) is 50.4 Å². The molecular weight excluding hydrogens is 617 g/mol. The molecule has 0 atom stereocenters. The molecule has 5 rings (SSSR count). The molecule has 0 unspecified atom stereocenters. The van der Waals surface area contributed by atoms with E-state index in [0.29, 0.717) is 29.2 Å². The summed E-state index contributed by atoms with van der Waals surface area (Å²) in [4.78, 5) is 18.6. The second-order valence-corrected chi connectivity index (χ2v) is 11.1. The summed E-state index contributed by atoms with van der Waals surface area (Å²) in [6, 6.07) is 10.4. The zero-order valence-electron chi connectivity index (χ0n) is 21.0. The molecule has 2 aromatic carbocycles. The maximum atomic E-state index is 14.0. The Kier molecular flexibility index (Phi) is 9.06. The largest absolute Gasteiger partial charge is 0.486 e. The smallest absolute Gasteiger partial charge is 0.250 e. The number of nitrogens with one attached hydrogen (secondary N) is 1. The molecule has 3 aromatic rings. The second-order valence-electron chi connectivity index (χ2n) is 9.42. The first-order chi connectivity index (χ1) is 18.6. The molecule has 8 nitrogen and oxygen atoms in total. The van der Waals surface area contributed by atoms with Gasteiger partial charge in [0.25, 0.3) is 0 Å². The van der Waals surface area contributed by atoms with E-state index in [4.69, 9.17) is 9.72 Å². The quantitative estimate of drug-likeness (QED) is 0.220. The molecule has 0 radical (unpaired) electrons. The van der Waals surface area contributed by atoms with Crippen molar-refractivity contribution in [3.8, 4) is 5.75 Å². The fourth-order valence-corrected chi connectivity index (χ4v) is 6.05. The highest BCUT2D eigenvalue weighted by atomic mass is 79.9. The Balaban J connectivity index is 1.30. The van der Waals surface area contributed by atoms with Gasteiger partial charge in [-0.15, -0.1) is 0 Å². The van der Waals surface area contributed by atoms with Gasteiger partial charge in [-0.3, -0.25) is 0 Å². The van der Waals surface area contributed by atoms with Gasteiger partial charge in [-0.05, 0) is 94.1 Å². The van der Waals surface area contributed by atoms with Crippen LogP contribution in [0.1, 0.15) is 49.7 Å². The summed E-state index contributed by atoms with van der Waals surface area (Å²) in [5.41, 5.74) is 4.33.